The normalized spacial score (nSPS) is 0. The summed E-state index contributed by atoms with van der Waals surface area (Å²) in [6.07, 6.45) is 0. The molecule has 0 amide bonds. The van der Waals surface area contributed by atoms with Gasteiger partial charge in [-0.2, -0.15) is 0 Å². The van der Waals surface area contributed by atoms with Crippen molar-refractivity contribution in [3.63, 3.8) is 0 Å². The van der Waals surface area contributed by atoms with Crippen LogP contribution in [0.2, 0.25) is 0 Å². The van der Waals surface area contributed by atoms with E-state index in [-0.39, 0.29) is 74.3 Å². The maximum atomic E-state index is 0. The molecule has 0 aliphatic heterocycles. The minimum absolute atomic E-state index is 0. The molecule has 0 bridgehead atoms. The van der Waals surface area contributed by atoms with E-state index in [0.717, 1.165) is 0 Å². The van der Waals surface area contributed by atoms with Gasteiger partial charge >= 0.3 is 23.7 Å². The van der Waals surface area contributed by atoms with Crippen molar-refractivity contribution in [3.05, 3.63) is 0 Å². The van der Waals surface area contributed by atoms with Gasteiger partial charge in [0.2, 0.25) is 0 Å². The van der Waals surface area contributed by atoms with Gasteiger partial charge in [-0.15, -0.1) is 0 Å². The summed E-state index contributed by atoms with van der Waals surface area (Å²) in [4.78, 5) is 0. The van der Waals surface area contributed by atoms with Crippen LogP contribution in [0.15, 0.2) is 0 Å². The van der Waals surface area contributed by atoms with Crippen LogP contribution >= 0.6 is 0 Å². The van der Waals surface area contributed by atoms with Crippen molar-refractivity contribution >= 4 is 23.7 Å². The molecule has 0 heterocycles. The predicted octanol–water partition coefficient (Wildman–Crippen LogP) is -0.924. The van der Waals surface area contributed by atoms with Gasteiger partial charge in [-0.1, -0.05) is 0 Å². The molecule has 4 heavy (non-hydrogen) atoms. The van der Waals surface area contributed by atoms with Gasteiger partial charge in [0, 0.05) is 50.6 Å². The quantitative estimate of drug-likeness (QED) is 0.507. The molecular weight excluding hydrogens is 297 g/mol. The maximum absolute atomic E-state index is 0. The predicted molar refractivity (Wildman–Crippen MR) is 8.54 cm³/mol. The second-order valence-corrected chi connectivity index (χ2v) is 0. The number of hydrogen-bond donors (Lipinski definition) is 0. The molecule has 0 fully saturated rings. The zero-order valence-corrected chi connectivity index (χ0v) is 7.72. The van der Waals surface area contributed by atoms with Gasteiger partial charge in [-0.3, -0.25) is 0 Å². The van der Waals surface area contributed by atoms with Gasteiger partial charge in [0.05, 0.1) is 0 Å². The summed E-state index contributed by atoms with van der Waals surface area (Å²) in [5, 5.41) is 0. The zero-order valence-electron chi connectivity index (χ0n) is 1.56. The van der Waals surface area contributed by atoms with Gasteiger partial charge in [-0.05, 0) is 0 Å². The Morgan fingerprint density at radius 3 is 1.00 bits per heavy atom. The van der Waals surface area contributed by atoms with Crippen LogP contribution < -0.4 is 0 Å². The van der Waals surface area contributed by atoms with Crippen molar-refractivity contribution in [1.82, 2.24) is 0 Å². The zero-order chi connectivity index (χ0) is 0. The SMILES string of the molecule is [Co].[Cr].[Ni].[TeH2]. The molecule has 0 unspecified atom stereocenters. The van der Waals surface area contributed by atoms with Crippen molar-refractivity contribution in [1.29, 1.82) is 0 Å². The monoisotopic (exact) mass is 301 g/mol. The molecule has 0 aromatic carbocycles. The Morgan fingerprint density at radius 1 is 1.00 bits per heavy atom. The van der Waals surface area contributed by atoms with Gasteiger partial charge in [0.1, 0.15) is 0 Å². The van der Waals surface area contributed by atoms with E-state index < -0.39 is 0 Å². The fourth-order valence-corrected chi connectivity index (χ4v) is 0. The first kappa shape index (κ1) is 33.2. The molecule has 4 heteroatoms. The van der Waals surface area contributed by atoms with Gasteiger partial charge in [0.15, 0.2) is 0 Å². The summed E-state index contributed by atoms with van der Waals surface area (Å²) in [6, 6.07) is 0. The Hall–Kier alpha value is 2.32. The van der Waals surface area contributed by atoms with E-state index in [1.54, 1.807) is 0 Å². The van der Waals surface area contributed by atoms with Crippen LogP contribution in [0.25, 0.3) is 0 Å². The van der Waals surface area contributed by atoms with Crippen LogP contribution in [0.5, 0.6) is 0 Å². The van der Waals surface area contributed by atoms with E-state index in [4.69, 9.17) is 0 Å². The summed E-state index contributed by atoms with van der Waals surface area (Å²) >= 11 is 0. The fraction of sp³-hybridized carbons (Fsp3) is 0. The topological polar surface area (TPSA) is 0 Å². The van der Waals surface area contributed by atoms with Crippen molar-refractivity contribution in [3.8, 4) is 0 Å². The second kappa shape index (κ2) is 18.4. The molecule has 0 N–H and O–H groups in total. The van der Waals surface area contributed by atoms with Crippen LogP contribution in [0.4, 0.5) is 0 Å². The first-order valence-electron chi connectivity index (χ1n) is 0. The standard InChI is InChI=1S/Co.Cr.Ni.H2Te/h;;;1H2. The van der Waals surface area contributed by atoms with Crippen molar-refractivity contribution in [2.24, 2.45) is 0 Å². The molecule has 0 atom stereocenters. The van der Waals surface area contributed by atoms with Crippen LogP contribution in [0.1, 0.15) is 0 Å². The molecule has 1 radical (unpaired) electrons. The van der Waals surface area contributed by atoms with Crippen molar-refractivity contribution < 1.29 is 50.6 Å². The van der Waals surface area contributed by atoms with Crippen LogP contribution in [0.3, 0.4) is 0 Å². The van der Waals surface area contributed by atoms with Gasteiger partial charge < -0.3 is 0 Å². The fourth-order valence-electron chi connectivity index (χ4n) is 0. The molecule has 0 aliphatic carbocycles. The first-order valence-corrected chi connectivity index (χ1v) is 0. The molecule has 0 spiro atoms. The van der Waals surface area contributed by atoms with Crippen molar-refractivity contribution in [2.45, 2.75) is 0 Å². The van der Waals surface area contributed by atoms with Crippen molar-refractivity contribution in [2.75, 3.05) is 0 Å². The summed E-state index contributed by atoms with van der Waals surface area (Å²) in [5.74, 6) is 0. The Balaban J connectivity index is 0. The molecular formula is H2CoCrNiTe. The summed E-state index contributed by atoms with van der Waals surface area (Å²) in [5.41, 5.74) is 0. The molecule has 0 aromatic heterocycles. The molecule has 0 aromatic rings. The Morgan fingerprint density at radius 2 is 1.00 bits per heavy atom. The summed E-state index contributed by atoms with van der Waals surface area (Å²) in [7, 11) is 0. The molecule has 0 saturated carbocycles. The van der Waals surface area contributed by atoms with E-state index in [0.29, 0.717) is 0 Å². The van der Waals surface area contributed by atoms with Gasteiger partial charge in [0.25, 0.3) is 0 Å². The summed E-state index contributed by atoms with van der Waals surface area (Å²) in [6.45, 7) is 0. The van der Waals surface area contributed by atoms with E-state index in [1.807, 2.05) is 0 Å². The second-order valence-electron chi connectivity index (χ2n) is 0. The van der Waals surface area contributed by atoms with E-state index >= 15 is 0 Å². The first-order chi connectivity index (χ1) is 0. The Bertz CT molecular complexity index is 8.00. The molecule has 0 saturated heterocycles. The molecule has 0 nitrogen and oxygen atoms in total. The molecule has 33 valence electrons. The van der Waals surface area contributed by atoms with Gasteiger partial charge in [-0.25, -0.2) is 0 Å². The number of rotatable bonds is 0. The Labute approximate surface area is 73.5 Å². The van der Waals surface area contributed by atoms with E-state index in [9.17, 15) is 0 Å². The third kappa shape index (κ3) is 8.85. The third-order valence-corrected chi connectivity index (χ3v) is 0. The average Bonchev–Trinajstić information content (AvgIpc) is 0. The van der Waals surface area contributed by atoms with E-state index in [1.165, 1.54) is 0 Å². The van der Waals surface area contributed by atoms with Crippen LogP contribution in [-0.4, -0.2) is 23.7 Å². The molecule has 0 rings (SSSR count). The van der Waals surface area contributed by atoms with Crippen LogP contribution in [0, 0.1) is 0 Å². The number of hydrogen-bond acceptors (Lipinski definition) is 0. The third-order valence-electron chi connectivity index (χ3n) is 0. The summed E-state index contributed by atoms with van der Waals surface area (Å²) < 4.78 is 0. The van der Waals surface area contributed by atoms with E-state index in [2.05, 4.69) is 0 Å². The minimum atomic E-state index is 0. The Kier molecular flexibility index (Phi) is 153. The average molecular weight is 299 g/mol. The molecule has 0 aliphatic rings. The van der Waals surface area contributed by atoms with Crippen LogP contribution in [-0.2, 0) is 50.6 Å².